The maximum atomic E-state index is 12.5. The van der Waals surface area contributed by atoms with E-state index in [1.807, 2.05) is 30.5 Å². The van der Waals surface area contributed by atoms with E-state index in [2.05, 4.69) is 15.6 Å². The molecule has 4 rings (SSSR count). The molecule has 1 aliphatic rings. The van der Waals surface area contributed by atoms with Crippen molar-refractivity contribution in [3.63, 3.8) is 0 Å². The minimum absolute atomic E-state index is 0.102. The minimum atomic E-state index is -0.841. The van der Waals surface area contributed by atoms with Gasteiger partial charge in [-0.2, -0.15) is 0 Å². The number of carbonyl (C=O) groups is 3. The number of amides is 4. The summed E-state index contributed by atoms with van der Waals surface area (Å²) < 4.78 is 5.14. The Morgan fingerprint density at radius 2 is 2.04 bits per heavy atom. The number of carbonyl (C=O) groups excluding carboxylic acids is 3. The number of hydrogen-bond acceptors (Lipinski definition) is 4. The number of aromatic nitrogens is 1. The zero-order valence-corrected chi connectivity index (χ0v) is 15.1. The third-order valence-electron chi connectivity index (χ3n) is 4.82. The van der Waals surface area contributed by atoms with Gasteiger partial charge in [0.2, 0.25) is 5.91 Å². The summed E-state index contributed by atoms with van der Waals surface area (Å²) in [5.41, 5.74) is 2.05. The van der Waals surface area contributed by atoms with Crippen LogP contribution in [0.1, 0.15) is 17.7 Å². The molecule has 4 amide bonds. The van der Waals surface area contributed by atoms with Crippen molar-refractivity contribution in [2.24, 2.45) is 0 Å². The first-order valence-corrected chi connectivity index (χ1v) is 9.08. The molecule has 0 radical (unpaired) electrons. The number of hydrogen-bond donors (Lipinski definition) is 3. The topological polar surface area (TPSA) is 107 Å². The predicted octanol–water partition coefficient (Wildman–Crippen LogP) is 1.93. The van der Waals surface area contributed by atoms with Crippen molar-refractivity contribution < 1.29 is 18.8 Å². The smallest absolute Gasteiger partial charge is 0.324 e. The zero-order valence-electron chi connectivity index (χ0n) is 15.1. The lowest BCUT2D eigenvalue weighted by Gasteiger charge is -2.12. The molecular weight excluding hydrogens is 360 g/mol. The number of rotatable bonds is 7. The Morgan fingerprint density at radius 1 is 1.18 bits per heavy atom. The molecule has 3 N–H and O–H groups in total. The van der Waals surface area contributed by atoms with E-state index in [1.165, 1.54) is 11.2 Å². The van der Waals surface area contributed by atoms with Crippen LogP contribution in [0.25, 0.3) is 10.9 Å². The molecule has 1 aliphatic heterocycles. The van der Waals surface area contributed by atoms with E-state index in [4.69, 9.17) is 4.42 Å². The molecule has 1 aromatic carbocycles. The molecular formula is C20H20N4O4. The highest BCUT2D eigenvalue weighted by Gasteiger charge is 2.38. The molecule has 1 saturated heterocycles. The van der Waals surface area contributed by atoms with Gasteiger partial charge < -0.3 is 20.0 Å². The summed E-state index contributed by atoms with van der Waals surface area (Å²) in [5, 5.41) is 6.34. The largest absolute Gasteiger partial charge is 0.467 e. The van der Waals surface area contributed by atoms with Gasteiger partial charge in [-0.3, -0.25) is 14.5 Å². The standard InChI is InChI=1S/C20H20N4O4/c25-18(22-12-14-4-3-9-28-14)10-17-19(26)24(20(27)23-17)8-7-13-11-21-16-6-2-1-5-15(13)16/h1-6,9,11,17,21H,7-8,10,12H2,(H,22,25)(H,23,27)/t17-/m0/s1. The van der Waals surface area contributed by atoms with Crippen LogP contribution in [0.3, 0.4) is 0 Å². The summed E-state index contributed by atoms with van der Waals surface area (Å²) in [6, 6.07) is 10.0. The molecule has 0 saturated carbocycles. The number of H-pyrrole nitrogens is 1. The van der Waals surface area contributed by atoms with E-state index < -0.39 is 12.1 Å². The fraction of sp³-hybridized carbons (Fsp3) is 0.250. The molecule has 1 atom stereocenters. The Kier molecular flexibility index (Phi) is 4.84. The Labute approximate surface area is 160 Å². The van der Waals surface area contributed by atoms with Crippen LogP contribution in [0, 0.1) is 0 Å². The highest BCUT2D eigenvalue weighted by molar-refractivity contribution is 6.05. The number of furan rings is 1. The molecule has 8 nitrogen and oxygen atoms in total. The van der Waals surface area contributed by atoms with Crippen LogP contribution in [0.15, 0.2) is 53.3 Å². The van der Waals surface area contributed by atoms with Crippen LogP contribution >= 0.6 is 0 Å². The second-order valence-electron chi connectivity index (χ2n) is 6.66. The average Bonchev–Trinajstić information content (AvgIpc) is 3.40. The van der Waals surface area contributed by atoms with Gasteiger partial charge in [-0.15, -0.1) is 0 Å². The third kappa shape index (κ3) is 3.62. The summed E-state index contributed by atoms with van der Waals surface area (Å²) in [7, 11) is 0. The molecule has 0 unspecified atom stereocenters. The second-order valence-corrected chi connectivity index (χ2v) is 6.66. The monoisotopic (exact) mass is 380 g/mol. The van der Waals surface area contributed by atoms with E-state index in [0.717, 1.165) is 16.5 Å². The molecule has 0 spiro atoms. The summed E-state index contributed by atoms with van der Waals surface area (Å²) in [5.74, 6) is -0.0815. The first-order chi connectivity index (χ1) is 13.6. The van der Waals surface area contributed by atoms with Crippen LogP contribution in [-0.4, -0.2) is 40.3 Å². The van der Waals surface area contributed by atoms with Crippen molar-refractivity contribution in [1.29, 1.82) is 0 Å². The molecule has 144 valence electrons. The fourth-order valence-corrected chi connectivity index (χ4v) is 3.35. The molecule has 0 aliphatic carbocycles. The molecule has 8 heteroatoms. The Bertz CT molecular complexity index is 1010. The van der Waals surface area contributed by atoms with Crippen LogP contribution in [0.2, 0.25) is 0 Å². The third-order valence-corrected chi connectivity index (χ3v) is 4.82. The van der Waals surface area contributed by atoms with Gasteiger partial charge in [-0.1, -0.05) is 18.2 Å². The molecule has 2 aromatic heterocycles. The van der Waals surface area contributed by atoms with E-state index in [9.17, 15) is 14.4 Å². The van der Waals surface area contributed by atoms with E-state index in [1.54, 1.807) is 12.1 Å². The summed E-state index contributed by atoms with van der Waals surface area (Å²) >= 11 is 0. The van der Waals surface area contributed by atoms with Gasteiger partial charge in [0.05, 0.1) is 19.2 Å². The lowest BCUT2D eigenvalue weighted by Crippen LogP contribution is -2.36. The highest BCUT2D eigenvalue weighted by Crippen LogP contribution is 2.19. The Balaban J connectivity index is 1.32. The van der Waals surface area contributed by atoms with Crippen molar-refractivity contribution in [2.75, 3.05) is 6.54 Å². The molecule has 0 bridgehead atoms. The van der Waals surface area contributed by atoms with E-state index >= 15 is 0 Å². The number of urea groups is 1. The number of nitrogens with zero attached hydrogens (tertiary/aromatic N) is 1. The summed E-state index contributed by atoms with van der Waals surface area (Å²) in [4.78, 5) is 41.1. The van der Waals surface area contributed by atoms with Crippen molar-refractivity contribution in [3.8, 4) is 0 Å². The van der Waals surface area contributed by atoms with Crippen LogP contribution < -0.4 is 10.6 Å². The molecule has 1 fully saturated rings. The second kappa shape index (κ2) is 7.59. The first kappa shape index (κ1) is 17.8. The number of aromatic amines is 1. The molecule has 3 heterocycles. The van der Waals surface area contributed by atoms with Crippen LogP contribution in [-0.2, 0) is 22.6 Å². The number of benzene rings is 1. The van der Waals surface area contributed by atoms with Crippen molar-refractivity contribution >= 4 is 28.7 Å². The number of fused-ring (bicyclic) bond motifs is 1. The fourth-order valence-electron chi connectivity index (χ4n) is 3.35. The quantitative estimate of drug-likeness (QED) is 0.544. The average molecular weight is 380 g/mol. The lowest BCUT2D eigenvalue weighted by molar-refractivity contribution is -0.130. The van der Waals surface area contributed by atoms with Crippen molar-refractivity contribution in [1.82, 2.24) is 20.5 Å². The predicted molar refractivity (Wildman–Crippen MR) is 101 cm³/mol. The van der Waals surface area contributed by atoms with Gasteiger partial charge in [-0.05, 0) is 30.2 Å². The number of imide groups is 1. The van der Waals surface area contributed by atoms with Gasteiger partial charge in [0.15, 0.2) is 0 Å². The van der Waals surface area contributed by atoms with E-state index in [0.29, 0.717) is 12.2 Å². The maximum absolute atomic E-state index is 12.5. The van der Waals surface area contributed by atoms with Gasteiger partial charge in [0, 0.05) is 23.6 Å². The number of nitrogens with one attached hydrogen (secondary N) is 3. The van der Waals surface area contributed by atoms with Crippen molar-refractivity contribution in [2.45, 2.75) is 25.4 Å². The first-order valence-electron chi connectivity index (χ1n) is 9.08. The Morgan fingerprint density at radius 3 is 2.86 bits per heavy atom. The van der Waals surface area contributed by atoms with E-state index in [-0.39, 0.29) is 31.3 Å². The molecule has 3 aromatic rings. The maximum Gasteiger partial charge on any atom is 0.324 e. The van der Waals surface area contributed by atoms with Gasteiger partial charge >= 0.3 is 6.03 Å². The van der Waals surface area contributed by atoms with Crippen LogP contribution in [0.4, 0.5) is 4.79 Å². The lowest BCUT2D eigenvalue weighted by atomic mass is 10.1. The summed E-state index contributed by atoms with van der Waals surface area (Å²) in [6.45, 7) is 0.502. The van der Waals surface area contributed by atoms with Gasteiger partial charge in [-0.25, -0.2) is 4.79 Å². The SMILES string of the molecule is O=C(C[C@@H]1NC(=O)N(CCc2c[nH]c3ccccc23)C1=O)NCc1ccco1. The zero-order chi connectivity index (χ0) is 19.5. The van der Waals surface area contributed by atoms with Crippen LogP contribution in [0.5, 0.6) is 0 Å². The van der Waals surface area contributed by atoms with Crippen molar-refractivity contribution in [3.05, 3.63) is 60.2 Å². The summed E-state index contributed by atoms with van der Waals surface area (Å²) in [6.07, 6.45) is 3.85. The van der Waals surface area contributed by atoms with Gasteiger partial charge in [0.1, 0.15) is 11.8 Å². The number of para-hydroxylation sites is 1. The van der Waals surface area contributed by atoms with Gasteiger partial charge in [0.25, 0.3) is 5.91 Å². The Hall–Kier alpha value is -3.55. The molecule has 28 heavy (non-hydrogen) atoms. The minimum Gasteiger partial charge on any atom is -0.467 e. The highest BCUT2D eigenvalue weighted by atomic mass is 16.3. The normalized spacial score (nSPS) is 16.6.